The Morgan fingerprint density at radius 1 is 1.16 bits per heavy atom. The van der Waals surface area contributed by atoms with Crippen molar-refractivity contribution in [1.82, 2.24) is 0 Å². The lowest BCUT2D eigenvalue weighted by Crippen LogP contribution is -2.40. The van der Waals surface area contributed by atoms with E-state index < -0.39 is 0 Å². The molecule has 0 saturated heterocycles. The zero-order chi connectivity index (χ0) is 22.0. The Morgan fingerprint density at radius 2 is 1.94 bits per heavy atom. The Hall–Kier alpha value is -3.08. The van der Waals surface area contributed by atoms with Gasteiger partial charge in [-0.1, -0.05) is 35.9 Å². The molecule has 0 N–H and O–H groups in total. The van der Waals surface area contributed by atoms with Gasteiger partial charge in [0, 0.05) is 24.1 Å². The molecule has 0 atom stereocenters. The predicted octanol–water partition coefficient (Wildman–Crippen LogP) is 5.61. The lowest BCUT2D eigenvalue weighted by Gasteiger charge is -2.25. The van der Waals surface area contributed by atoms with Crippen LogP contribution in [0.15, 0.2) is 59.2 Å². The summed E-state index contributed by atoms with van der Waals surface area (Å²) in [6, 6.07) is 13.8. The van der Waals surface area contributed by atoms with Crippen LogP contribution in [-0.4, -0.2) is 24.0 Å². The number of hydrogen-bond acceptors (Lipinski definition) is 4. The minimum Gasteiger partial charge on any atom is -0.483 e. The molecule has 0 saturated carbocycles. The second kappa shape index (κ2) is 8.58. The predicted molar refractivity (Wildman–Crippen MR) is 124 cm³/mol. The van der Waals surface area contributed by atoms with E-state index in [4.69, 9.17) is 14.5 Å². The molecular weight excluding hydrogens is 388 g/mol. The van der Waals surface area contributed by atoms with Gasteiger partial charge in [0.25, 0.3) is 5.91 Å². The normalized spacial score (nSPS) is 17.0. The van der Waals surface area contributed by atoms with Crippen LogP contribution in [0.2, 0.25) is 0 Å². The summed E-state index contributed by atoms with van der Waals surface area (Å²) >= 11 is 0. The van der Waals surface area contributed by atoms with Crippen LogP contribution in [0.1, 0.15) is 51.2 Å². The minimum absolute atomic E-state index is 0.0874. The first kappa shape index (κ1) is 21.2. The summed E-state index contributed by atoms with van der Waals surface area (Å²) in [6.07, 6.45) is 5.61. The molecule has 0 spiro atoms. The third-order valence-electron chi connectivity index (χ3n) is 5.56. The number of amidine groups is 1. The summed E-state index contributed by atoms with van der Waals surface area (Å²) in [5.74, 6) is 1.97. The van der Waals surface area contributed by atoms with Crippen LogP contribution in [0, 0.1) is 6.92 Å². The van der Waals surface area contributed by atoms with Crippen molar-refractivity contribution >= 4 is 17.4 Å². The molecule has 2 aromatic rings. The summed E-state index contributed by atoms with van der Waals surface area (Å²) in [4.78, 5) is 19.8. The molecule has 0 aliphatic carbocycles. The zero-order valence-electron chi connectivity index (χ0n) is 18.8. The molecule has 162 valence electrons. The largest absolute Gasteiger partial charge is 0.483 e. The van der Waals surface area contributed by atoms with Crippen LogP contribution in [0.5, 0.6) is 11.5 Å². The van der Waals surface area contributed by atoms with E-state index in [1.807, 2.05) is 56.3 Å². The third-order valence-corrected chi connectivity index (χ3v) is 5.56. The summed E-state index contributed by atoms with van der Waals surface area (Å²) < 4.78 is 12.1. The minimum atomic E-state index is -0.265. The van der Waals surface area contributed by atoms with E-state index in [9.17, 15) is 4.79 Å². The van der Waals surface area contributed by atoms with Crippen LogP contribution in [0.4, 0.5) is 5.69 Å². The van der Waals surface area contributed by atoms with Crippen molar-refractivity contribution in [3.63, 3.8) is 0 Å². The van der Waals surface area contributed by atoms with Crippen molar-refractivity contribution in [2.45, 2.75) is 59.0 Å². The first-order chi connectivity index (χ1) is 14.8. The molecule has 0 unspecified atom stereocenters. The van der Waals surface area contributed by atoms with Gasteiger partial charge >= 0.3 is 0 Å². The number of hydrogen-bond donors (Lipinski definition) is 0. The number of fused-ring (bicyclic) bond motifs is 1. The molecule has 0 aromatic heterocycles. The Bertz CT molecular complexity index is 1040. The number of ether oxygens (including phenoxy) is 2. The molecule has 5 nitrogen and oxygen atoms in total. The number of para-hydroxylation sites is 1. The number of aryl methyl sites for hydroxylation is 1. The maximum absolute atomic E-state index is 13.4. The maximum Gasteiger partial charge on any atom is 0.270 e. The SMILES string of the molecule is CC1=CCCCC(N(C(=O)COc2cccc3c2OC(C)(C)C3)c2ccc(C)cc2)=N1. The van der Waals surface area contributed by atoms with Crippen LogP contribution in [0.25, 0.3) is 0 Å². The van der Waals surface area contributed by atoms with Gasteiger partial charge in [-0.25, -0.2) is 4.99 Å². The first-order valence-electron chi connectivity index (χ1n) is 10.9. The van der Waals surface area contributed by atoms with Crippen LogP contribution < -0.4 is 14.4 Å². The average Bonchev–Trinajstić information content (AvgIpc) is 2.89. The van der Waals surface area contributed by atoms with Crippen LogP contribution in [0.3, 0.4) is 0 Å². The molecule has 0 fully saturated rings. The van der Waals surface area contributed by atoms with Gasteiger partial charge in [0.1, 0.15) is 11.4 Å². The summed E-state index contributed by atoms with van der Waals surface area (Å²) in [6.45, 7) is 8.04. The Morgan fingerprint density at radius 3 is 2.71 bits per heavy atom. The van der Waals surface area contributed by atoms with Gasteiger partial charge in [0.2, 0.25) is 0 Å². The van der Waals surface area contributed by atoms with Gasteiger partial charge < -0.3 is 9.47 Å². The average molecular weight is 419 g/mol. The number of carbonyl (C=O) groups is 1. The van der Waals surface area contributed by atoms with E-state index in [2.05, 4.69) is 19.9 Å². The first-order valence-corrected chi connectivity index (χ1v) is 10.9. The maximum atomic E-state index is 13.4. The monoisotopic (exact) mass is 418 g/mol. The highest BCUT2D eigenvalue weighted by Gasteiger charge is 2.32. The van der Waals surface area contributed by atoms with E-state index >= 15 is 0 Å². The highest BCUT2D eigenvalue weighted by Crippen LogP contribution is 2.41. The van der Waals surface area contributed by atoms with Crippen molar-refractivity contribution in [2.75, 3.05) is 11.5 Å². The number of allylic oxidation sites excluding steroid dienone is 2. The second-order valence-corrected chi connectivity index (χ2v) is 8.90. The number of anilines is 1. The van der Waals surface area contributed by atoms with Crippen molar-refractivity contribution < 1.29 is 14.3 Å². The fourth-order valence-electron chi connectivity index (χ4n) is 4.07. The van der Waals surface area contributed by atoms with E-state index in [0.717, 1.165) is 59.8 Å². The molecule has 2 aromatic carbocycles. The topological polar surface area (TPSA) is 51.1 Å². The molecule has 0 radical (unpaired) electrons. The molecule has 0 bridgehead atoms. The van der Waals surface area contributed by atoms with Gasteiger partial charge in [-0.15, -0.1) is 0 Å². The summed E-state index contributed by atoms with van der Waals surface area (Å²) in [7, 11) is 0. The molecule has 2 aliphatic rings. The number of aliphatic imine (C=N–C) groups is 1. The van der Waals surface area contributed by atoms with Gasteiger partial charge in [-0.3, -0.25) is 9.69 Å². The number of benzene rings is 2. The number of amides is 1. The quantitative estimate of drug-likeness (QED) is 0.649. The van der Waals surface area contributed by atoms with Gasteiger partial charge in [-0.2, -0.15) is 0 Å². The molecule has 5 heteroatoms. The van der Waals surface area contributed by atoms with Gasteiger partial charge in [0.05, 0.1) is 5.69 Å². The Kier molecular flexibility index (Phi) is 5.86. The van der Waals surface area contributed by atoms with E-state index in [1.165, 1.54) is 0 Å². The zero-order valence-corrected chi connectivity index (χ0v) is 18.8. The lowest BCUT2D eigenvalue weighted by molar-refractivity contribution is -0.119. The lowest BCUT2D eigenvalue weighted by atomic mass is 10.0. The summed E-state index contributed by atoms with van der Waals surface area (Å²) in [5, 5.41) is 0. The van der Waals surface area contributed by atoms with Crippen molar-refractivity contribution in [2.24, 2.45) is 4.99 Å². The fourth-order valence-corrected chi connectivity index (χ4v) is 4.07. The van der Waals surface area contributed by atoms with Crippen molar-refractivity contribution in [1.29, 1.82) is 0 Å². The van der Waals surface area contributed by atoms with E-state index in [1.54, 1.807) is 4.90 Å². The molecule has 1 amide bonds. The molecular formula is C26H30N2O3. The van der Waals surface area contributed by atoms with Gasteiger partial charge in [-0.05, 0) is 58.7 Å². The second-order valence-electron chi connectivity index (χ2n) is 8.90. The Labute approximate surface area is 184 Å². The number of rotatable bonds is 4. The molecule has 2 heterocycles. The molecule has 31 heavy (non-hydrogen) atoms. The number of nitrogens with zero attached hydrogens (tertiary/aromatic N) is 2. The third kappa shape index (κ3) is 4.82. The standard InChI is InChI=1S/C26H30N2O3/c1-18-12-14-21(15-13-18)28(23-11-6-5-8-19(2)27-23)24(29)17-30-22-10-7-9-20-16-26(3,4)31-25(20)22/h7-10,12-15H,5-6,11,16-17H2,1-4H3. The van der Waals surface area contributed by atoms with E-state index in [-0.39, 0.29) is 18.1 Å². The highest BCUT2D eigenvalue weighted by atomic mass is 16.5. The Balaban J connectivity index is 1.58. The van der Waals surface area contributed by atoms with Crippen LogP contribution >= 0.6 is 0 Å². The van der Waals surface area contributed by atoms with Crippen molar-refractivity contribution in [3.05, 3.63) is 65.4 Å². The summed E-state index contributed by atoms with van der Waals surface area (Å²) in [5.41, 5.74) is 3.74. The van der Waals surface area contributed by atoms with Crippen LogP contribution in [-0.2, 0) is 11.2 Å². The van der Waals surface area contributed by atoms with E-state index in [0.29, 0.717) is 5.75 Å². The highest BCUT2D eigenvalue weighted by molar-refractivity contribution is 6.17. The smallest absolute Gasteiger partial charge is 0.270 e. The fraction of sp³-hybridized carbons (Fsp3) is 0.385. The number of carbonyl (C=O) groups excluding carboxylic acids is 1. The molecule has 4 rings (SSSR count). The molecule has 2 aliphatic heterocycles. The van der Waals surface area contributed by atoms with Crippen molar-refractivity contribution in [3.8, 4) is 11.5 Å². The van der Waals surface area contributed by atoms with Gasteiger partial charge in [0.15, 0.2) is 18.1 Å².